The van der Waals surface area contributed by atoms with Gasteiger partial charge in [0, 0.05) is 17.8 Å². The van der Waals surface area contributed by atoms with Crippen molar-refractivity contribution < 1.29 is 9.53 Å². The molecule has 2 aromatic rings. The van der Waals surface area contributed by atoms with Gasteiger partial charge in [-0.25, -0.2) is 0 Å². The van der Waals surface area contributed by atoms with E-state index in [4.69, 9.17) is 17.0 Å². The predicted octanol–water partition coefficient (Wildman–Crippen LogP) is 6.28. The minimum Gasteiger partial charge on any atom is -0.457 e. The average molecular weight is 437 g/mol. The fourth-order valence-corrected chi connectivity index (χ4v) is 4.21. The Hall–Kier alpha value is -2.66. The highest BCUT2D eigenvalue weighted by Gasteiger charge is 2.31. The summed E-state index contributed by atoms with van der Waals surface area (Å²) in [5.41, 5.74) is 4.06. The minimum absolute atomic E-state index is 0.0536. The van der Waals surface area contributed by atoms with Crippen molar-refractivity contribution in [2.45, 2.75) is 59.4 Å². The van der Waals surface area contributed by atoms with Crippen molar-refractivity contribution in [3.05, 3.63) is 70.9 Å². The van der Waals surface area contributed by atoms with Crippen molar-refractivity contribution in [1.29, 1.82) is 0 Å². The second kappa shape index (κ2) is 9.23. The van der Waals surface area contributed by atoms with Gasteiger partial charge in [-0.05, 0) is 73.3 Å². The predicted molar refractivity (Wildman–Crippen MR) is 131 cm³/mol. The lowest BCUT2D eigenvalue weighted by atomic mass is 9.87. The van der Waals surface area contributed by atoms with E-state index in [1.165, 1.54) is 5.56 Å². The Bertz CT molecular complexity index is 986. The van der Waals surface area contributed by atoms with Gasteiger partial charge in [-0.15, -0.1) is 0 Å². The number of carbonyl (C=O) groups is 1. The molecule has 1 aliphatic rings. The molecule has 1 unspecified atom stereocenters. The van der Waals surface area contributed by atoms with Gasteiger partial charge in [0.25, 0.3) is 0 Å². The Morgan fingerprint density at radius 2 is 1.61 bits per heavy atom. The Morgan fingerprint density at radius 3 is 2.10 bits per heavy atom. The number of carbonyl (C=O) groups excluding carboxylic acids is 1. The van der Waals surface area contributed by atoms with E-state index < -0.39 is 0 Å². The van der Waals surface area contributed by atoms with Crippen LogP contribution in [-0.4, -0.2) is 22.3 Å². The molecule has 1 N–H and O–H groups in total. The van der Waals surface area contributed by atoms with E-state index in [1.54, 1.807) is 6.92 Å². The molecule has 0 bridgehead atoms. The Balaban J connectivity index is 1.82. The van der Waals surface area contributed by atoms with Gasteiger partial charge in [0.15, 0.2) is 10.9 Å². The molecule has 0 saturated carbocycles. The number of nitrogens with zero attached hydrogens (tertiary/aromatic N) is 1. The molecule has 0 saturated heterocycles. The molecule has 1 atom stereocenters. The van der Waals surface area contributed by atoms with Gasteiger partial charge < -0.3 is 15.0 Å². The molecule has 0 radical (unpaired) electrons. The molecule has 2 aromatic carbocycles. The summed E-state index contributed by atoms with van der Waals surface area (Å²) in [6, 6.07) is 15.8. The number of allylic oxidation sites excluding steroid dienone is 1. The number of nitrogens with one attached hydrogen (secondary N) is 1. The lowest BCUT2D eigenvalue weighted by molar-refractivity contribution is -0.114. The summed E-state index contributed by atoms with van der Waals surface area (Å²) in [6.45, 7) is 13.1. The summed E-state index contributed by atoms with van der Waals surface area (Å²) in [7, 11) is 0. The van der Waals surface area contributed by atoms with Crippen LogP contribution in [0.1, 0.15) is 65.1 Å². The van der Waals surface area contributed by atoms with Crippen molar-refractivity contribution in [1.82, 2.24) is 10.2 Å². The normalized spacial score (nSPS) is 16.9. The second-order valence-corrected chi connectivity index (χ2v) is 9.42. The number of rotatable bonds is 6. The van der Waals surface area contributed by atoms with Crippen LogP contribution < -0.4 is 10.1 Å². The fraction of sp³-hybridized carbons (Fsp3) is 0.385. The zero-order chi connectivity index (χ0) is 22.8. The smallest absolute Gasteiger partial charge is 0.173 e. The maximum absolute atomic E-state index is 12.5. The summed E-state index contributed by atoms with van der Waals surface area (Å²) in [6.07, 6.45) is 0.956. The number of benzene rings is 2. The average Bonchev–Trinajstić information content (AvgIpc) is 2.70. The number of hydrogen-bond acceptors (Lipinski definition) is 3. The highest BCUT2D eigenvalue weighted by Crippen LogP contribution is 2.33. The Labute approximate surface area is 191 Å². The first-order valence-electron chi connectivity index (χ1n) is 10.8. The number of Topliss-reactive ketones (excluding diaryl/α,β-unsaturated/α-hetero) is 1. The van der Waals surface area contributed by atoms with E-state index in [2.05, 4.69) is 45.1 Å². The lowest BCUT2D eigenvalue weighted by Crippen LogP contribution is -2.47. The highest BCUT2D eigenvalue weighted by molar-refractivity contribution is 7.80. The zero-order valence-electron chi connectivity index (χ0n) is 19.3. The number of hydrogen-bond donors (Lipinski definition) is 1. The molecular formula is C26H32N2O2S. The molecule has 31 heavy (non-hydrogen) atoms. The summed E-state index contributed by atoms with van der Waals surface area (Å²) in [5.74, 6) is 1.61. The minimum atomic E-state index is -0.252. The molecule has 1 aliphatic heterocycles. The zero-order valence-corrected chi connectivity index (χ0v) is 20.1. The van der Waals surface area contributed by atoms with Crippen molar-refractivity contribution in [2.75, 3.05) is 6.54 Å². The number of ether oxygens (including phenoxy) is 1. The largest absolute Gasteiger partial charge is 0.457 e. The first kappa shape index (κ1) is 23.0. The molecule has 5 heteroatoms. The van der Waals surface area contributed by atoms with Crippen molar-refractivity contribution in [3.63, 3.8) is 0 Å². The Morgan fingerprint density at radius 1 is 1.06 bits per heavy atom. The van der Waals surface area contributed by atoms with Gasteiger partial charge in [0.05, 0.1) is 6.04 Å². The van der Waals surface area contributed by atoms with Gasteiger partial charge in [0.1, 0.15) is 11.5 Å². The third-order valence-electron chi connectivity index (χ3n) is 5.59. The standard InChI is InChI=1S/C26H32N2O2S/c1-7-16-28-17(2)23(18(3)29)24(27-25(28)31)19-8-12-21(13-9-19)30-22-14-10-20(11-15-22)26(4,5)6/h8-15,24H,7,16H2,1-6H3,(H,27,31). The molecule has 0 spiro atoms. The van der Waals surface area contributed by atoms with Gasteiger partial charge in [-0.1, -0.05) is 52.0 Å². The van der Waals surface area contributed by atoms with Crippen LogP contribution in [0.3, 0.4) is 0 Å². The molecule has 3 rings (SSSR count). The molecule has 0 aromatic heterocycles. The highest BCUT2D eigenvalue weighted by atomic mass is 32.1. The quantitative estimate of drug-likeness (QED) is 0.540. The van der Waals surface area contributed by atoms with Crippen LogP contribution >= 0.6 is 12.2 Å². The van der Waals surface area contributed by atoms with Crippen LogP contribution in [0, 0.1) is 0 Å². The van der Waals surface area contributed by atoms with Crippen LogP contribution in [0.2, 0.25) is 0 Å². The maximum atomic E-state index is 12.5. The number of thiocarbonyl (C=S) groups is 1. The molecule has 1 heterocycles. The van der Waals surface area contributed by atoms with E-state index in [0.717, 1.165) is 41.3 Å². The second-order valence-electron chi connectivity index (χ2n) is 9.03. The third kappa shape index (κ3) is 5.16. The fourth-order valence-electron chi connectivity index (χ4n) is 3.87. The molecule has 4 nitrogen and oxygen atoms in total. The van der Waals surface area contributed by atoms with Gasteiger partial charge in [-0.2, -0.15) is 0 Å². The molecule has 0 amide bonds. The summed E-state index contributed by atoms with van der Waals surface area (Å²) in [5, 5.41) is 4.02. The Kier molecular flexibility index (Phi) is 6.85. The van der Waals surface area contributed by atoms with Crippen molar-refractivity contribution in [3.8, 4) is 11.5 Å². The van der Waals surface area contributed by atoms with E-state index in [1.807, 2.05) is 48.2 Å². The monoisotopic (exact) mass is 436 g/mol. The van der Waals surface area contributed by atoms with Crippen LogP contribution in [0.15, 0.2) is 59.8 Å². The number of ketones is 1. The van der Waals surface area contributed by atoms with Crippen molar-refractivity contribution >= 4 is 23.1 Å². The first-order valence-corrected chi connectivity index (χ1v) is 11.2. The van der Waals surface area contributed by atoms with Crippen LogP contribution in [-0.2, 0) is 10.2 Å². The third-order valence-corrected chi connectivity index (χ3v) is 5.93. The SMILES string of the molecule is CCCN1C(=S)NC(c2ccc(Oc3ccc(C(C)(C)C)cc3)cc2)C(C(C)=O)=C1C. The van der Waals surface area contributed by atoms with Crippen LogP contribution in [0.25, 0.3) is 0 Å². The van der Waals surface area contributed by atoms with E-state index >= 15 is 0 Å². The molecule has 0 aliphatic carbocycles. The topological polar surface area (TPSA) is 41.6 Å². The van der Waals surface area contributed by atoms with E-state index in [-0.39, 0.29) is 17.2 Å². The van der Waals surface area contributed by atoms with Crippen molar-refractivity contribution in [2.24, 2.45) is 0 Å². The first-order chi connectivity index (χ1) is 14.6. The molecule has 164 valence electrons. The maximum Gasteiger partial charge on any atom is 0.173 e. The molecule has 0 fully saturated rings. The van der Waals surface area contributed by atoms with Crippen LogP contribution in [0.5, 0.6) is 11.5 Å². The van der Waals surface area contributed by atoms with Gasteiger partial charge >= 0.3 is 0 Å². The summed E-state index contributed by atoms with van der Waals surface area (Å²) >= 11 is 5.58. The molecular weight excluding hydrogens is 404 g/mol. The van der Waals surface area contributed by atoms with Gasteiger partial charge in [0.2, 0.25) is 0 Å². The van der Waals surface area contributed by atoms with E-state index in [0.29, 0.717) is 5.11 Å². The van der Waals surface area contributed by atoms with Crippen LogP contribution in [0.4, 0.5) is 0 Å². The summed E-state index contributed by atoms with van der Waals surface area (Å²) < 4.78 is 6.02. The summed E-state index contributed by atoms with van der Waals surface area (Å²) in [4.78, 5) is 14.5. The van der Waals surface area contributed by atoms with E-state index in [9.17, 15) is 4.79 Å². The van der Waals surface area contributed by atoms with Gasteiger partial charge in [-0.3, -0.25) is 4.79 Å². The lowest BCUT2D eigenvalue weighted by Gasteiger charge is -2.37.